The van der Waals surface area contributed by atoms with Gasteiger partial charge < -0.3 is 20.0 Å². The van der Waals surface area contributed by atoms with Crippen LogP contribution in [0.15, 0.2) is 42.5 Å². The number of aliphatic hydroxyl groups is 1. The van der Waals surface area contributed by atoms with Gasteiger partial charge in [0, 0.05) is 25.0 Å². The van der Waals surface area contributed by atoms with Crippen molar-refractivity contribution in [2.24, 2.45) is 11.8 Å². The first-order chi connectivity index (χ1) is 16.7. The average molecular weight is 477 g/mol. The summed E-state index contributed by atoms with van der Waals surface area (Å²) in [7, 11) is 0. The molecule has 1 amide bonds. The molecule has 4 rings (SSSR count). The molecule has 2 N–H and O–H groups in total. The van der Waals surface area contributed by atoms with Gasteiger partial charge in [0.15, 0.2) is 5.82 Å². The maximum absolute atomic E-state index is 13.0. The lowest BCUT2D eigenvalue weighted by atomic mass is 9.97. The molecular weight excluding hydrogens is 440 g/mol. The molecule has 0 aliphatic carbocycles. The second kappa shape index (κ2) is 10.2. The molecule has 0 saturated carbocycles. The van der Waals surface area contributed by atoms with Gasteiger partial charge in [0.2, 0.25) is 0 Å². The number of aliphatic hydroxyl groups excluding tert-OH is 1. The molecule has 1 aromatic heterocycles. The van der Waals surface area contributed by atoms with E-state index in [9.17, 15) is 15.0 Å². The van der Waals surface area contributed by atoms with Crippen molar-refractivity contribution < 1.29 is 15.0 Å². The molecule has 7 heteroatoms. The molecule has 1 saturated heterocycles. The number of aromatic nitrogens is 2. The Morgan fingerprint density at radius 1 is 1.09 bits per heavy atom. The maximum Gasteiger partial charge on any atom is 0.251 e. The lowest BCUT2D eigenvalue weighted by Gasteiger charge is -2.45. The number of aryl methyl sites for hydroxylation is 1. The number of carbonyl (C=O) groups is 1. The summed E-state index contributed by atoms with van der Waals surface area (Å²) >= 11 is 0. The molecule has 2 atom stereocenters. The summed E-state index contributed by atoms with van der Waals surface area (Å²) in [5.41, 5.74) is 2.51. The van der Waals surface area contributed by atoms with Crippen LogP contribution in [0.3, 0.4) is 0 Å². The van der Waals surface area contributed by atoms with Gasteiger partial charge in [-0.15, -0.1) is 0 Å². The van der Waals surface area contributed by atoms with Crippen LogP contribution in [0.4, 0.5) is 5.82 Å². The normalized spacial score (nSPS) is 17.4. The fourth-order valence-electron chi connectivity index (χ4n) is 4.83. The van der Waals surface area contributed by atoms with E-state index in [0.29, 0.717) is 37.4 Å². The Balaban J connectivity index is 1.75. The summed E-state index contributed by atoms with van der Waals surface area (Å²) in [6.45, 7) is 12.0. The first kappa shape index (κ1) is 24.9. The van der Waals surface area contributed by atoms with E-state index in [2.05, 4.69) is 30.9 Å². The van der Waals surface area contributed by atoms with Crippen LogP contribution in [0.2, 0.25) is 0 Å². The number of carbonyl (C=O) groups excluding carboxylic acids is 1. The monoisotopic (exact) mass is 476 g/mol. The molecule has 7 nitrogen and oxygen atoms in total. The molecule has 0 bridgehead atoms. The minimum atomic E-state index is -0.968. The van der Waals surface area contributed by atoms with Crippen molar-refractivity contribution in [2.45, 2.75) is 53.2 Å². The van der Waals surface area contributed by atoms with Crippen LogP contribution in [0.1, 0.15) is 39.7 Å². The summed E-state index contributed by atoms with van der Waals surface area (Å²) in [4.78, 5) is 26.8. The molecule has 1 aliphatic rings. The topological polar surface area (TPSA) is 89.8 Å². The summed E-state index contributed by atoms with van der Waals surface area (Å²) < 4.78 is 0. The number of amides is 1. The third-order valence-electron chi connectivity index (χ3n) is 6.73. The first-order valence-corrected chi connectivity index (χ1v) is 12.5. The average Bonchev–Trinajstić information content (AvgIpc) is 2.82. The van der Waals surface area contributed by atoms with E-state index in [1.54, 1.807) is 17.0 Å². The van der Waals surface area contributed by atoms with E-state index in [0.717, 1.165) is 22.3 Å². The zero-order valence-electron chi connectivity index (χ0n) is 21.3. The van der Waals surface area contributed by atoms with Crippen molar-refractivity contribution in [3.05, 3.63) is 48.0 Å². The smallest absolute Gasteiger partial charge is 0.251 e. The van der Waals surface area contributed by atoms with Gasteiger partial charge in [0.1, 0.15) is 17.7 Å². The van der Waals surface area contributed by atoms with Crippen molar-refractivity contribution in [3.63, 3.8) is 0 Å². The van der Waals surface area contributed by atoms with E-state index in [1.807, 2.05) is 39.0 Å². The second-order valence-corrected chi connectivity index (χ2v) is 10.3. The van der Waals surface area contributed by atoms with Gasteiger partial charge in [-0.3, -0.25) is 4.79 Å². The van der Waals surface area contributed by atoms with Crippen LogP contribution in [-0.4, -0.2) is 62.8 Å². The molecule has 186 valence electrons. The number of rotatable bonds is 6. The van der Waals surface area contributed by atoms with Gasteiger partial charge in [-0.05, 0) is 55.0 Å². The van der Waals surface area contributed by atoms with Crippen LogP contribution in [0.5, 0.6) is 5.75 Å². The molecule has 1 aliphatic heterocycles. The van der Waals surface area contributed by atoms with E-state index < -0.39 is 6.10 Å². The number of anilines is 1. The number of hydrogen-bond donors (Lipinski definition) is 2. The predicted molar refractivity (Wildman–Crippen MR) is 139 cm³/mol. The Labute approximate surface area is 207 Å². The third kappa shape index (κ3) is 5.25. The molecule has 0 unspecified atom stereocenters. The fraction of sp³-hybridized carbons (Fsp3) is 0.464. The highest BCUT2D eigenvalue weighted by Gasteiger charge is 2.35. The summed E-state index contributed by atoms with van der Waals surface area (Å²) in [6.07, 6.45) is -0.504. The molecule has 0 radical (unpaired) electrons. The zero-order chi connectivity index (χ0) is 25.3. The summed E-state index contributed by atoms with van der Waals surface area (Å²) in [5, 5.41) is 21.9. The van der Waals surface area contributed by atoms with Crippen molar-refractivity contribution >= 4 is 22.6 Å². The van der Waals surface area contributed by atoms with Gasteiger partial charge in [0.25, 0.3) is 5.91 Å². The zero-order valence-corrected chi connectivity index (χ0v) is 21.3. The number of aromatic hydroxyl groups is 1. The number of phenolic OH excluding ortho intramolecular Hbond substituents is 1. The third-order valence-corrected chi connectivity index (χ3v) is 6.73. The van der Waals surface area contributed by atoms with Crippen molar-refractivity contribution in [2.75, 3.05) is 24.5 Å². The van der Waals surface area contributed by atoms with Crippen molar-refractivity contribution in [1.29, 1.82) is 0 Å². The van der Waals surface area contributed by atoms with Gasteiger partial charge in [0.05, 0.1) is 17.1 Å². The quantitative estimate of drug-likeness (QED) is 0.548. The first-order valence-electron chi connectivity index (χ1n) is 12.5. The van der Waals surface area contributed by atoms with E-state index in [1.165, 1.54) is 0 Å². The highest BCUT2D eigenvalue weighted by atomic mass is 16.3. The van der Waals surface area contributed by atoms with Gasteiger partial charge >= 0.3 is 0 Å². The van der Waals surface area contributed by atoms with Gasteiger partial charge in [-0.1, -0.05) is 45.9 Å². The highest BCUT2D eigenvalue weighted by molar-refractivity contribution is 5.92. The minimum Gasteiger partial charge on any atom is -0.507 e. The predicted octanol–water partition coefficient (Wildman–Crippen LogP) is 4.39. The van der Waals surface area contributed by atoms with Crippen molar-refractivity contribution in [1.82, 2.24) is 14.9 Å². The molecule has 3 aromatic rings. The number of phenols is 1. The standard InChI is InChI=1S/C28H36N4O3/c1-17(2)14-25(34)28(35)31-12-13-32(23(16-31)18(3)4)27-20-11-10-19(5)15-22(20)29-26(30-27)21-8-6-7-9-24(21)33/h6-11,15,17-18,23,25,33-34H,12-14,16H2,1-5H3/t23-,25+/m1/s1. The Bertz CT molecular complexity index is 1210. The van der Waals surface area contributed by atoms with E-state index in [-0.39, 0.29) is 29.5 Å². The largest absolute Gasteiger partial charge is 0.507 e. The van der Waals surface area contributed by atoms with Crippen LogP contribution >= 0.6 is 0 Å². The highest BCUT2D eigenvalue weighted by Crippen LogP contribution is 2.34. The number of fused-ring (bicyclic) bond motifs is 1. The van der Waals surface area contributed by atoms with E-state index >= 15 is 0 Å². The molecule has 2 aromatic carbocycles. The molecule has 2 heterocycles. The number of benzene rings is 2. The van der Waals surface area contributed by atoms with E-state index in [4.69, 9.17) is 9.97 Å². The molecular formula is C28H36N4O3. The van der Waals surface area contributed by atoms with Crippen LogP contribution < -0.4 is 4.90 Å². The number of nitrogens with zero attached hydrogens (tertiary/aromatic N) is 4. The maximum atomic E-state index is 13.0. The minimum absolute atomic E-state index is 0.0237. The molecule has 0 spiro atoms. The van der Waals surface area contributed by atoms with Crippen LogP contribution in [0, 0.1) is 18.8 Å². The second-order valence-electron chi connectivity index (χ2n) is 10.3. The van der Waals surface area contributed by atoms with Gasteiger partial charge in [-0.25, -0.2) is 9.97 Å². The molecule has 1 fully saturated rings. The number of para-hydroxylation sites is 1. The number of hydrogen-bond acceptors (Lipinski definition) is 6. The fourth-order valence-corrected chi connectivity index (χ4v) is 4.83. The number of piperazine rings is 1. The van der Waals surface area contributed by atoms with Crippen LogP contribution in [0.25, 0.3) is 22.3 Å². The van der Waals surface area contributed by atoms with Crippen molar-refractivity contribution in [3.8, 4) is 17.1 Å². The SMILES string of the molecule is Cc1ccc2c(N3CCN(C(=O)[C@@H](O)CC(C)C)C[C@@H]3C(C)C)nc(-c3ccccc3O)nc2c1. The molecule has 35 heavy (non-hydrogen) atoms. The van der Waals surface area contributed by atoms with Gasteiger partial charge in [-0.2, -0.15) is 0 Å². The Kier molecular flexibility index (Phi) is 7.26. The lowest BCUT2D eigenvalue weighted by Crippen LogP contribution is -2.58. The Morgan fingerprint density at radius 2 is 1.83 bits per heavy atom. The Morgan fingerprint density at radius 3 is 2.51 bits per heavy atom. The summed E-state index contributed by atoms with van der Waals surface area (Å²) in [6, 6.07) is 13.3. The van der Waals surface area contributed by atoms with Crippen LogP contribution in [-0.2, 0) is 4.79 Å². The Hall–Kier alpha value is -3.19. The summed E-state index contributed by atoms with van der Waals surface area (Å²) in [5.74, 6) is 1.73. The lowest BCUT2D eigenvalue weighted by molar-refractivity contribution is -0.142.